The Morgan fingerprint density at radius 3 is 2.22 bits per heavy atom. The summed E-state index contributed by atoms with van der Waals surface area (Å²) in [5, 5.41) is 8.79. The molecule has 1 fully saturated rings. The van der Waals surface area contributed by atoms with Crippen LogP contribution in [0.4, 0.5) is 26.7 Å². The van der Waals surface area contributed by atoms with Crippen LogP contribution >= 0.6 is 11.6 Å². The van der Waals surface area contributed by atoms with Crippen molar-refractivity contribution < 1.29 is 14.4 Å². The number of rotatable bonds is 4. The van der Waals surface area contributed by atoms with E-state index in [2.05, 4.69) is 16.0 Å². The fourth-order valence-electron chi connectivity index (χ4n) is 5.02. The molecule has 0 radical (unpaired) electrons. The SMILES string of the molecule is CC(=O)c1ccc(NC(=O)N2C[C@@H]3C[C@H](C2)c2ccc(NC(=O)Nc4ccc(Cl)cc4)c(=O)n2C3)cc1. The van der Waals surface area contributed by atoms with E-state index in [0.717, 1.165) is 12.1 Å². The molecule has 1 saturated heterocycles. The van der Waals surface area contributed by atoms with Crippen LogP contribution < -0.4 is 21.5 Å². The molecule has 1 aromatic heterocycles. The highest BCUT2D eigenvalue weighted by molar-refractivity contribution is 6.30. The van der Waals surface area contributed by atoms with E-state index >= 15 is 0 Å². The smallest absolute Gasteiger partial charge is 0.323 e. The molecule has 0 spiro atoms. The van der Waals surface area contributed by atoms with Gasteiger partial charge in [-0.1, -0.05) is 11.6 Å². The van der Waals surface area contributed by atoms with Gasteiger partial charge in [-0.05, 0) is 79.9 Å². The number of urea groups is 2. The van der Waals surface area contributed by atoms with E-state index in [-0.39, 0.29) is 34.9 Å². The van der Waals surface area contributed by atoms with Crippen molar-refractivity contribution >= 4 is 46.5 Å². The van der Waals surface area contributed by atoms with Crippen LogP contribution in [0.25, 0.3) is 0 Å². The molecule has 10 heteroatoms. The van der Waals surface area contributed by atoms with Crippen LogP contribution in [0.2, 0.25) is 5.02 Å². The van der Waals surface area contributed by atoms with E-state index in [1.54, 1.807) is 64.1 Å². The standard InChI is InChI=1S/C27H26ClN5O4/c1-16(34)18-2-6-22(7-3-18)30-27(37)32-13-17-12-19(15-32)24-11-10-23(25(35)33(24)14-17)31-26(36)29-21-8-4-20(28)5-9-21/h2-11,17,19H,12-15H2,1H3,(H,30,37)(H2,29,31,36)/t17-,19+/m0/s1. The quantitative estimate of drug-likeness (QED) is 0.421. The third-order valence-electron chi connectivity index (χ3n) is 6.78. The Kier molecular flexibility index (Phi) is 6.71. The first-order chi connectivity index (χ1) is 17.8. The molecule has 3 heterocycles. The first kappa shape index (κ1) is 24.6. The van der Waals surface area contributed by atoms with Crippen molar-refractivity contribution in [1.82, 2.24) is 9.47 Å². The summed E-state index contributed by atoms with van der Waals surface area (Å²) >= 11 is 5.88. The average molecular weight is 520 g/mol. The molecule has 0 saturated carbocycles. The van der Waals surface area contributed by atoms with E-state index in [1.807, 2.05) is 6.07 Å². The van der Waals surface area contributed by atoms with Crippen molar-refractivity contribution in [3.05, 3.63) is 87.3 Å². The lowest BCUT2D eigenvalue weighted by atomic mass is 9.83. The summed E-state index contributed by atoms with van der Waals surface area (Å²) in [5.41, 5.74) is 2.55. The Hall–Kier alpha value is -4.11. The Morgan fingerprint density at radius 1 is 0.838 bits per heavy atom. The number of ketones is 1. The van der Waals surface area contributed by atoms with E-state index in [1.165, 1.54) is 6.92 Å². The van der Waals surface area contributed by atoms with Gasteiger partial charge in [0, 0.05) is 53.2 Å². The fourth-order valence-corrected chi connectivity index (χ4v) is 5.14. The largest absolute Gasteiger partial charge is 0.324 e. The summed E-state index contributed by atoms with van der Waals surface area (Å²) in [6, 6.07) is 16.2. The zero-order chi connectivity index (χ0) is 26.1. The van der Waals surface area contributed by atoms with Crippen molar-refractivity contribution in [2.75, 3.05) is 29.0 Å². The summed E-state index contributed by atoms with van der Waals surface area (Å²) in [4.78, 5) is 51.8. The lowest BCUT2D eigenvalue weighted by Gasteiger charge is -2.42. The average Bonchev–Trinajstić information content (AvgIpc) is 2.87. The number of anilines is 3. The van der Waals surface area contributed by atoms with Gasteiger partial charge in [-0.3, -0.25) is 9.59 Å². The zero-order valence-corrected chi connectivity index (χ0v) is 20.9. The highest BCUT2D eigenvalue weighted by Gasteiger charge is 2.36. The molecule has 3 N–H and O–H groups in total. The second-order valence-electron chi connectivity index (χ2n) is 9.44. The predicted octanol–water partition coefficient (Wildman–Crippen LogP) is 5.00. The van der Waals surface area contributed by atoms with Crippen LogP contribution in [0.15, 0.2) is 65.5 Å². The normalized spacial score (nSPS) is 17.9. The number of amides is 4. The van der Waals surface area contributed by atoms with Crippen molar-refractivity contribution in [1.29, 1.82) is 0 Å². The molecule has 2 bridgehead atoms. The second kappa shape index (κ2) is 10.1. The number of carbonyl (C=O) groups excluding carboxylic acids is 3. The van der Waals surface area contributed by atoms with Gasteiger partial charge in [0.2, 0.25) is 0 Å². The molecule has 0 unspecified atom stereocenters. The van der Waals surface area contributed by atoms with Gasteiger partial charge in [0.15, 0.2) is 5.78 Å². The molecular formula is C27H26ClN5O4. The molecule has 0 aliphatic carbocycles. The van der Waals surface area contributed by atoms with Crippen LogP contribution in [-0.2, 0) is 6.54 Å². The minimum Gasteiger partial charge on any atom is -0.324 e. The highest BCUT2D eigenvalue weighted by Crippen LogP contribution is 2.35. The number of hydrogen-bond acceptors (Lipinski definition) is 4. The Labute approximate surface area is 218 Å². The van der Waals surface area contributed by atoms with Crippen LogP contribution in [-0.4, -0.2) is 40.4 Å². The number of hydrogen-bond donors (Lipinski definition) is 3. The van der Waals surface area contributed by atoms with Crippen LogP contribution in [0, 0.1) is 5.92 Å². The number of Topliss-reactive ketones (excluding diaryl/α,β-unsaturated/α-hetero) is 1. The summed E-state index contributed by atoms with van der Waals surface area (Å²) in [6.07, 6.45) is 0.889. The maximum Gasteiger partial charge on any atom is 0.323 e. The van der Waals surface area contributed by atoms with Crippen molar-refractivity contribution in [2.24, 2.45) is 5.92 Å². The van der Waals surface area contributed by atoms with Crippen molar-refractivity contribution in [3.63, 3.8) is 0 Å². The molecule has 9 nitrogen and oxygen atoms in total. The van der Waals surface area contributed by atoms with Gasteiger partial charge in [0.25, 0.3) is 5.56 Å². The zero-order valence-electron chi connectivity index (χ0n) is 20.2. The number of fused-ring (bicyclic) bond motifs is 4. The molecule has 5 rings (SSSR count). The number of piperidine rings is 1. The van der Waals surface area contributed by atoms with Gasteiger partial charge in [0.1, 0.15) is 5.69 Å². The monoisotopic (exact) mass is 519 g/mol. The van der Waals surface area contributed by atoms with Gasteiger partial charge in [-0.15, -0.1) is 0 Å². The molecule has 2 aliphatic rings. The maximum atomic E-state index is 13.2. The van der Waals surface area contributed by atoms with Gasteiger partial charge < -0.3 is 25.4 Å². The maximum absolute atomic E-state index is 13.2. The van der Waals surface area contributed by atoms with E-state index in [9.17, 15) is 19.2 Å². The fraction of sp³-hybridized carbons (Fsp3) is 0.259. The number of aromatic nitrogens is 1. The minimum absolute atomic E-state index is 0.0167. The van der Waals surface area contributed by atoms with Gasteiger partial charge in [-0.2, -0.15) is 0 Å². The highest BCUT2D eigenvalue weighted by atomic mass is 35.5. The molecule has 3 aromatic rings. The van der Waals surface area contributed by atoms with Gasteiger partial charge in [-0.25, -0.2) is 9.59 Å². The number of nitrogens with one attached hydrogen (secondary N) is 3. The van der Waals surface area contributed by atoms with Crippen LogP contribution in [0.5, 0.6) is 0 Å². The number of benzene rings is 2. The third kappa shape index (κ3) is 5.36. The van der Waals surface area contributed by atoms with E-state index < -0.39 is 6.03 Å². The first-order valence-corrected chi connectivity index (χ1v) is 12.4. The second-order valence-corrected chi connectivity index (χ2v) is 9.88. The topological polar surface area (TPSA) is 113 Å². The summed E-state index contributed by atoms with van der Waals surface area (Å²) in [5.74, 6) is 0.104. The molecule has 190 valence electrons. The lowest BCUT2D eigenvalue weighted by Crippen LogP contribution is -2.50. The molecule has 2 aliphatic heterocycles. The summed E-state index contributed by atoms with van der Waals surface area (Å²) in [6.45, 7) is 2.97. The first-order valence-electron chi connectivity index (χ1n) is 12.0. The third-order valence-corrected chi connectivity index (χ3v) is 7.04. The van der Waals surface area contributed by atoms with Crippen LogP contribution in [0.3, 0.4) is 0 Å². The molecular weight excluding hydrogens is 494 g/mol. The number of carbonyl (C=O) groups is 3. The van der Waals surface area contributed by atoms with Crippen molar-refractivity contribution in [2.45, 2.75) is 25.8 Å². The minimum atomic E-state index is -0.518. The van der Waals surface area contributed by atoms with Gasteiger partial charge in [0.05, 0.1) is 0 Å². The Morgan fingerprint density at radius 2 is 1.51 bits per heavy atom. The van der Waals surface area contributed by atoms with Gasteiger partial charge >= 0.3 is 12.1 Å². The number of nitrogens with zero attached hydrogens (tertiary/aromatic N) is 2. The number of pyridine rings is 1. The van der Waals surface area contributed by atoms with E-state index in [4.69, 9.17) is 11.6 Å². The Balaban J connectivity index is 1.26. The molecule has 37 heavy (non-hydrogen) atoms. The molecule has 2 aromatic carbocycles. The Bertz CT molecular complexity index is 1420. The van der Waals surface area contributed by atoms with Crippen LogP contribution in [0.1, 0.15) is 35.3 Å². The number of halogens is 1. The molecule has 4 amide bonds. The lowest BCUT2D eigenvalue weighted by molar-refractivity contribution is 0.101. The van der Waals surface area contributed by atoms with E-state index in [0.29, 0.717) is 41.6 Å². The van der Waals surface area contributed by atoms with Crippen molar-refractivity contribution in [3.8, 4) is 0 Å². The summed E-state index contributed by atoms with van der Waals surface area (Å²) < 4.78 is 1.71. The molecule has 2 atom stereocenters. The summed E-state index contributed by atoms with van der Waals surface area (Å²) in [7, 11) is 0. The number of likely N-dealkylation sites (tertiary alicyclic amines) is 1. The predicted molar refractivity (Wildman–Crippen MR) is 143 cm³/mol.